The van der Waals surface area contributed by atoms with E-state index in [2.05, 4.69) is 44.8 Å². The molecule has 2 heterocycles. The SMILES string of the molecule is CCCN1CCC(=O)C12CC(C)(C)NC(C)(C)C2. The van der Waals surface area contributed by atoms with E-state index < -0.39 is 0 Å². The van der Waals surface area contributed by atoms with Crippen molar-refractivity contribution in [3.8, 4) is 0 Å². The minimum Gasteiger partial charge on any atom is -0.307 e. The van der Waals surface area contributed by atoms with Crippen LogP contribution >= 0.6 is 0 Å². The Bertz CT molecular complexity index is 330. The maximum atomic E-state index is 12.5. The summed E-state index contributed by atoms with van der Waals surface area (Å²) in [6.07, 6.45) is 3.76. The Morgan fingerprint density at radius 2 is 1.72 bits per heavy atom. The molecule has 0 atom stereocenters. The van der Waals surface area contributed by atoms with E-state index >= 15 is 0 Å². The summed E-state index contributed by atoms with van der Waals surface area (Å²) >= 11 is 0. The first-order valence-corrected chi connectivity index (χ1v) is 7.29. The Morgan fingerprint density at radius 1 is 1.17 bits per heavy atom. The normalized spacial score (nSPS) is 29.9. The number of rotatable bonds is 2. The molecule has 0 aromatic carbocycles. The van der Waals surface area contributed by atoms with Crippen molar-refractivity contribution in [1.82, 2.24) is 10.2 Å². The maximum absolute atomic E-state index is 12.5. The highest BCUT2D eigenvalue weighted by atomic mass is 16.1. The van der Waals surface area contributed by atoms with E-state index in [0.29, 0.717) is 5.78 Å². The van der Waals surface area contributed by atoms with Gasteiger partial charge in [-0.05, 0) is 53.5 Å². The third-order valence-electron chi connectivity index (χ3n) is 4.37. The van der Waals surface area contributed by atoms with E-state index in [-0.39, 0.29) is 16.6 Å². The molecular weight excluding hydrogens is 224 g/mol. The molecular formula is C15H28N2O. The van der Waals surface area contributed by atoms with Crippen LogP contribution in [0.2, 0.25) is 0 Å². The summed E-state index contributed by atoms with van der Waals surface area (Å²) < 4.78 is 0. The smallest absolute Gasteiger partial charge is 0.154 e. The van der Waals surface area contributed by atoms with Crippen LogP contribution < -0.4 is 5.32 Å². The average Bonchev–Trinajstić information content (AvgIpc) is 2.42. The number of hydrogen-bond donors (Lipinski definition) is 1. The predicted octanol–water partition coefficient (Wildman–Crippen LogP) is 2.35. The number of nitrogens with one attached hydrogen (secondary N) is 1. The molecule has 2 rings (SSSR count). The Labute approximate surface area is 111 Å². The van der Waals surface area contributed by atoms with Gasteiger partial charge in [-0.3, -0.25) is 9.69 Å². The Balaban J connectivity index is 2.34. The number of ketones is 1. The van der Waals surface area contributed by atoms with Gasteiger partial charge in [-0.1, -0.05) is 6.92 Å². The predicted molar refractivity (Wildman–Crippen MR) is 74.7 cm³/mol. The number of carbonyl (C=O) groups excluding carboxylic acids is 1. The fraction of sp³-hybridized carbons (Fsp3) is 0.933. The summed E-state index contributed by atoms with van der Waals surface area (Å²) in [5.41, 5.74) is -0.129. The lowest BCUT2D eigenvalue weighted by atomic mass is 9.69. The fourth-order valence-electron chi connectivity index (χ4n) is 4.41. The van der Waals surface area contributed by atoms with Crippen LogP contribution in [0.3, 0.4) is 0 Å². The third kappa shape index (κ3) is 2.35. The first kappa shape index (κ1) is 14.0. The van der Waals surface area contributed by atoms with E-state index in [4.69, 9.17) is 0 Å². The van der Waals surface area contributed by atoms with Crippen LogP contribution in [0.15, 0.2) is 0 Å². The van der Waals surface area contributed by atoms with Gasteiger partial charge >= 0.3 is 0 Å². The van der Waals surface area contributed by atoms with Crippen molar-refractivity contribution in [3.63, 3.8) is 0 Å². The molecule has 0 amide bonds. The largest absolute Gasteiger partial charge is 0.307 e. The number of nitrogens with zero attached hydrogens (tertiary/aromatic N) is 1. The Kier molecular flexibility index (Phi) is 3.35. The lowest BCUT2D eigenvalue weighted by molar-refractivity contribution is -0.130. The highest BCUT2D eigenvalue weighted by Gasteiger charge is 2.56. The molecule has 18 heavy (non-hydrogen) atoms. The summed E-state index contributed by atoms with van der Waals surface area (Å²) in [6.45, 7) is 13.1. The molecule has 2 aliphatic rings. The van der Waals surface area contributed by atoms with Crippen molar-refractivity contribution in [2.24, 2.45) is 0 Å². The molecule has 1 spiro atoms. The first-order chi connectivity index (χ1) is 8.21. The van der Waals surface area contributed by atoms with Crippen LogP contribution in [-0.4, -0.2) is 40.4 Å². The topological polar surface area (TPSA) is 32.3 Å². The second kappa shape index (κ2) is 4.31. The quantitative estimate of drug-likeness (QED) is 0.819. The van der Waals surface area contributed by atoms with Crippen LogP contribution in [-0.2, 0) is 4.79 Å². The summed E-state index contributed by atoms with van der Waals surface area (Å²) in [4.78, 5) is 15.0. The molecule has 3 heteroatoms. The zero-order valence-corrected chi connectivity index (χ0v) is 12.6. The molecule has 1 N–H and O–H groups in total. The zero-order valence-electron chi connectivity index (χ0n) is 12.6. The Hall–Kier alpha value is -0.410. The van der Waals surface area contributed by atoms with Crippen molar-refractivity contribution in [2.45, 2.75) is 76.9 Å². The van der Waals surface area contributed by atoms with Crippen LogP contribution in [0.25, 0.3) is 0 Å². The summed E-state index contributed by atoms with van der Waals surface area (Å²) in [5, 5.41) is 3.69. The third-order valence-corrected chi connectivity index (χ3v) is 4.37. The highest BCUT2D eigenvalue weighted by molar-refractivity contribution is 5.91. The molecule has 0 aliphatic carbocycles. The van der Waals surface area contributed by atoms with Gasteiger partial charge in [0, 0.05) is 24.0 Å². The number of hydrogen-bond acceptors (Lipinski definition) is 3. The van der Waals surface area contributed by atoms with Crippen molar-refractivity contribution >= 4 is 5.78 Å². The molecule has 0 aromatic heterocycles. The molecule has 0 bridgehead atoms. The van der Waals surface area contributed by atoms with Gasteiger partial charge in [0.25, 0.3) is 0 Å². The number of Topliss-reactive ketones (excluding diaryl/α,β-unsaturated/α-hetero) is 1. The van der Waals surface area contributed by atoms with Crippen molar-refractivity contribution in [3.05, 3.63) is 0 Å². The fourth-order valence-corrected chi connectivity index (χ4v) is 4.41. The van der Waals surface area contributed by atoms with Gasteiger partial charge in [0.1, 0.15) is 0 Å². The van der Waals surface area contributed by atoms with E-state index in [1.165, 1.54) is 0 Å². The molecule has 0 radical (unpaired) electrons. The maximum Gasteiger partial charge on any atom is 0.154 e. The highest BCUT2D eigenvalue weighted by Crippen LogP contribution is 2.43. The molecule has 0 aromatic rings. The average molecular weight is 252 g/mol. The molecule has 104 valence electrons. The van der Waals surface area contributed by atoms with Gasteiger partial charge in [0.2, 0.25) is 0 Å². The Morgan fingerprint density at radius 3 is 2.22 bits per heavy atom. The zero-order chi connectivity index (χ0) is 13.6. The van der Waals surface area contributed by atoms with E-state index in [9.17, 15) is 4.79 Å². The van der Waals surface area contributed by atoms with Crippen molar-refractivity contribution < 1.29 is 4.79 Å². The molecule has 2 fully saturated rings. The van der Waals surface area contributed by atoms with E-state index in [0.717, 1.165) is 38.8 Å². The summed E-state index contributed by atoms with van der Waals surface area (Å²) in [6, 6.07) is 0. The van der Waals surface area contributed by atoms with E-state index in [1.54, 1.807) is 0 Å². The molecule has 2 aliphatic heterocycles. The minimum atomic E-state index is -0.200. The van der Waals surface area contributed by atoms with Gasteiger partial charge in [-0.25, -0.2) is 0 Å². The molecule has 2 saturated heterocycles. The van der Waals surface area contributed by atoms with Crippen LogP contribution in [0.4, 0.5) is 0 Å². The lowest BCUT2D eigenvalue weighted by Crippen LogP contribution is -2.68. The van der Waals surface area contributed by atoms with Gasteiger partial charge in [-0.15, -0.1) is 0 Å². The van der Waals surface area contributed by atoms with Crippen molar-refractivity contribution in [1.29, 1.82) is 0 Å². The van der Waals surface area contributed by atoms with Crippen molar-refractivity contribution in [2.75, 3.05) is 13.1 Å². The molecule has 0 saturated carbocycles. The van der Waals surface area contributed by atoms with Crippen LogP contribution in [0, 0.1) is 0 Å². The summed E-state index contributed by atoms with van der Waals surface area (Å²) in [7, 11) is 0. The minimum absolute atomic E-state index is 0.0355. The molecule has 3 nitrogen and oxygen atoms in total. The molecule has 0 unspecified atom stereocenters. The van der Waals surface area contributed by atoms with Gasteiger partial charge in [-0.2, -0.15) is 0 Å². The van der Waals surface area contributed by atoms with Gasteiger partial charge < -0.3 is 5.32 Å². The lowest BCUT2D eigenvalue weighted by Gasteiger charge is -2.54. The summed E-state index contributed by atoms with van der Waals surface area (Å²) in [5.74, 6) is 0.471. The monoisotopic (exact) mass is 252 g/mol. The van der Waals surface area contributed by atoms with Crippen LogP contribution in [0.1, 0.15) is 60.3 Å². The number of likely N-dealkylation sites (tertiary alicyclic amines) is 1. The number of carbonyl (C=O) groups is 1. The number of piperidine rings is 1. The second-order valence-electron chi connectivity index (χ2n) is 7.44. The van der Waals surface area contributed by atoms with Gasteiger partial charge in [0.15, 0.2) is 5.78 Å². The second-order valence-corrected chi connectivity index (χ2v) is 7.44. The van der Waals surface area contributed by atoms with Crippen LogP contribution in [0.5, 0.6) is 0 Å². The first-order valence-electron chi connectivity index (χ1n) is 7.29. The van der Waals surface area contributed by atoms with E-state index in [1.807, 2.05) is 0 Å². The standard InChI is InChI=1S/C15H28N2O/c1-6-8-17-9-7-12(18)15(17)10-13(2,3)16-14(4,5)11-15/h16H,6-11H2,1-5H3. The van der Waals surface area contributed by atoms with Gasteiger partial charge in [0.05, 0.1) is 5.54 Å².